The molecule has 0 amide bonds. The van der Waals surface area contributed by atoms with Gasteiger partial charge in [-0.05, 0) is 37.4 Å². The van der Waals surface area contributed by atoms with Gasteiger partial charge in [0.15, 0.2) is 5.78 Å². The van der Waals surface area contributed by atoms with Crippen LogP contribution < -0.4 is 0 Å². The lowest BCUT2D eigenvalue weighted by Crippen LogP contribution is -2.36. The maximum atomic E-state index is 12.2. The molecule has 1 fully saturated rings. The quantitative estimate of drug-likeness (QED) is 0.732. The largest absolute Gasteiger partial charge is 0.296 e. The van der Waals surface area contributed by atoms with Gasteiger partial charge in [0.1, 0.15) is 0 Å². The van der Waals surface area contributed by atoms with Crippen molar-refractivity contribution in [3.8, 4) is 0 Å². The Bertz CT molecular complexity index is 415. The van der Waals surface area contributed by atoms with Crippen LogP contribution in [0.5, 0.6) is 0 Å². The van der Waals surface area contributed by atoms with Gasteiger partial charge in [-0.1, -0.05) is 37.1 Å². The molecule has 0 bridgehead atoms. The van der Waals surface area contributed by atoms with E-state index < -0.39 is 0 Å². The van der Waals surface area contributed by atoms with E-state index in [-0.39, 0.29) is 5.78 Å². The highest BCUT2D eigenvalue weighted by atomic mass is 35.5. The molecule has 0 aliphatic heterocycles. The Labute approximate surface area is 114 Å². The van der Waals surface area contributed by atoms with Crippen LogP contribution >= 0.6 is 11.6 Å². The molecule has 1 aromatic rings. The van der Waals surface area contributed by atoms with E-state index in [0.717, 1.165) is 19.0 Å². The van der Waals surface area contributed by atoms with E-state index in [4.69, 9.17) is 11.6 Å². The fourth-order valence-corrected chi connectivity index (χ4v) is 2.56. The number of likely N-dealkylation sites (N-methyl/N-ethyl adjacent to an activating group) is 1. The van der Waals surface area contributed by atoms with E-state index in [1.165, 1.54) is 19.3 Å². The molecule has 0 unspecified atom stereocenters. The monoisotopic (exact) mass is 265 g/mol. The number of carbonyl (C=O) groups is 1. The first-order valence-electron chi connectivity index (χ1n) is 6.70. The third kappa shape index (κ3) is 3.33. The molecule has 1 saturated carbocycles. The van der Waals surface area contributed by atoms with Crippen molar-refractivity contribution >= 4 is 17.4 Å². The van der Waals surface area contributed by atoms with Gasteiger partial charge in [0.25, 0.3) is 0 Å². The Balaban J connectivity index is 1.94. The molecular formula is C15H20ClNO. The second-order valence-corrected chi connectivity index (χ2v) is 5.43. The number of ketones is 1. The van der Waals surface area contributed by atoms with Gasteiger partial charge in [-0.3, -0.25) is 9.69 Å². The minimum atomic E-state index is 0.127. The summed E-state index contributed by atoms with van der Waals surface area (Å²) in [5.41, 5.74) is 0.645. The Morgan fingerprint density at radius 3 is 2.67 bits per heavy atom. The van der Waals surface area contributed by atoms with Crippen LogP contribution in [0.2, 0.25) is 5.02 Å². The number of carbonyl (C=O) groups excluding carboxylic acids is 1. The zero-order valence-electron chi connectivity index (χ0n) is 10.9. The summed E-state index contributed by atoms with van der Waals surface area (Å²) in [4.78, 5) is 14.4. The van der Waals surface area contributed by atoms with Crippen LogP contribution in [0.3, 0.4) is 0 Å². The predicted octanol–water partition coefficient (Wildman–Crippen LogP) is 3.64. The molecule has 1 aliphatic rings. The van der Waals surface area contributed by atoms with E-state index >= 15 is 0 Å². The topological polar surface area (TPSA) is 20.3 Å². The molecule has 18 heavy (non-hydrogen) atoms. The molecule has 2 rings (SSSR count). The highest BCUT2D eigenvalue weighted by Gasteiger charge is 2.21. The fraction of sp³-hybridized carbons (Fsp3) is 0.533. The van der Waals surface area contributed by atoms with Gasteiger partial charge < -0.3 is 0 Å². The fourth-order valence-electron chi connectivity index (χ4n) is 2.32. The zero-order chi connectivity index (χ0) is 13.0. The summed E-state index contributed by atoms with van der Waals surface area (Å²) in [6.45, 7) is 4.56. The van der Waals surface area contributed by atoms with Gasteiger partial charge in [0, 0.05) is 12.1 Å². The summed E-state index contributed by atoms with van der Waals surface area (Å²) in [6.07, 6.45) is 3.98. The lowest BCUT2D eigenvalue weighted by Gasteiger charge is -2.31. The first-order valence-corrected chi connectivity index (χ1v) is 7.08. The van der Waals surface area contributed by atoms with Crippen molar-refractivity contribution in [3.63, 3.8) is 0 Å². The van der Waals surface area contributed by atoms with Gasteiger partial charge in [0.05, 0.1) is 11.6 Å². The van der Waals surface area contributed by atoms with Gasteiger partial charge in [-0.2, -0.15) is 0 Å². The van der Waals surface area contributed by atoms with E-state index in [0.29, 0.717) is 17.1 Å². The summed E-state index contributed by atoms with van der Waals surface area (Å²) < 4.78 is 0. The van der Waals surface area contributed by atoms with Crippen molar-refractivity contribution in [1.82, 2.24) is 4.90 Å². The molecule has 0 N–H and O–H groups in total. The molecule has 0 spiro atoms. The maximum Gasteiger partial charge on any atom is 0.178 e. The predicted molar refractivity (Wildman–Crippen MR) is 75.2 cm³/mol. The minimum absolute atomic E-state index is 0.127. The van der Waals surface area contributed by atoms with Crippen molar-refractivity contribution in [2.45, 2.75) is 26.2 Å². The van der Waals surface area contributed by atoms with Crippen LogP contribution in [0, 0.1) is 5.92 Å². The van der Waals surface area contributed by atoms with Gasteiger partial charge in [0.2, 0.25) is 0 Å². The van der Waals surface area contributed by atoms with Gasteiger partial charge >= 0.3 is 0 Å². The van der Waals surface area contributed by atoms with Crippen LogP contribution in [0.15, 0.2) is 24.3 Å². The molecule has 0 radical (unpaired) electrons. The summed E-state index contributed by atoms with van der Waals surface area (Å²) in [7, 11) is 0. The van der Waals surface area contributed by atoms with Crippen LogP contribution in [-0.4, -0.2) is 30.3 Å². The molecule has 0 heterocycles. The zero-order valence-corrected chi connectivity index (χ0v) is 11.6. The molecular weight excluding hydrogens is 246 g/mol. The minimum Gasteiger partial charge on any atom is -0.296 e. The molecule has 0 saturated heterocycles. The highest BCUT2D eigenvalue weighted by Crippen LogP contribution is 2.27. The summed E-state index contributed by atoms with van der Waals surface area (Å²) in [6, 6.07) is 7.30. The smallest absolute Gasteiger partial charge is 0.178 e. The number of halogens is 1. The average molecular weight is 266 g/mol. The summed E-state index contributed by atoms with van der Waals surface area (Å²) >= 11 is 6.05. The second kappa shape index (κ2) is 6.35. The van der Waals surface area contributed by atoms with Crippen LogP contribution in [-0.2, 0) is 0 Å². The number of benzene rings is 1. The van der Waals surface area contributed by atoms with Crippen LogP contribution in [0.25, 0.3) is 0 Å². The van der Waals surface area contributed by atoms with Crippen molar-refractivity contribution in [2.75, 3.05) is 19.6 Å². The van der Waals surface area contributed by atoms with Crippen molar-refractivity contribution in [1.29, 1.82) is 0 Å². The molecule has 1 aliphatic carbocycles. The molecule has 2 nitrogen and oxygen atoms in total. The molecule has 0 atom stereocenters. The van der Waals surface area contributed by atoms with E-state index in [2.05, 4.69) is 11.8 Å². The Hall–Kier alpha value is -0.860. The molecule has 1 aromatic carbocycles. The molecule has 98 valence electrons. The second-order valence-electron chi connectivity index (χ2n) is 5.03. The number of Topliss-reactive ketones (excluding diaryl/α,β-unsaturated/α-hetero) is 1. The number of rotatable bonds is 6. The first kappa shape index (κ1) is 13.6. The lowest BCUT2D eigenvalue weighted by atomic mass is 9.85. The lowest BCUT2D eigenvalue weighted by molar-refractivity contribution is 0.0905. The maximum absolute atomic E-state index is 12.2. The van der Waals surface area contributed by atoms with Gasteiger partial charge in [-0.15, -0.1) is 0 Å². The Morgan fingerprint density at radius 2 is 2.11 bits per heavy atom. The third-order valence-electron chi connectivity index (χ3n) is 3.73. The van der Waals surface area contributed by atoms with Gasteiger partial charge in [-0.25, -0.2) is 0 Å². The molecule has 0 aromatic heterocycles. The molecule has 3 heteroatoms. The Morgan fingerprint density at radius 1 is 1.39 bits per heavy atom. The van der Waals surface area contributed by atoms with Crippen LogP contribution in [0.1, 0.15) is 36.5 Å². The van der Waals surface area contributed by atoms with Crippen molar-refractivity contribution < 1.29 is 4.79 Å². The number of nitrogens with zero attached hydrogens (tertiary/aromatic N) is 1. The summed E-state index contributed by atoms with van der Waals surface area (Å²) in [5.74, 6) is 0.922. The summed E-state index contributed by atoms with van der Waals surface area (Å²) in [5, 5.41) is 0.558. The van der Waals surface area contributed by atoms with Crippen LogP contribution in [0.4, 0.5) is 0 Å². The SMILES string of the molecule is CCN(CC(=O)c1ccccc1Cl)CC1CCC1. The normalized spacial score (nSPS) is 15.7. The standard InChI is InChI=1S/C15H20ClNO/c1-2-17(10-12-6-5-7-12)11-15(18)13-8-3-4-9-14(13)16/h3-4,8-9,12H,2,5-7,10-11H2,1H3. The van der Waals surface area contributed by atoms with Crippen molar-refractivity contribution in [2.24, 2.45) is 5.92 Å². The average Bonchev–Trinajstić information content (AvgIpc) is 2.32. The number of hydrogen-bond acceptors (Lipinski definition) is 2. The van der Waals surface area contributed by atoms with E-state index in [9.17, 15) is 4.79 Å². The third-order valence-corrected chi connectivity index (χ3v) is 4.06. The number of hydrogen-bond donors (Lipinski definition) is 0. The van der Waals surface area contributed by atoms with E-state index in [1.807, 2.05) is 18.2 Å². The van der Waals surface area contributed by atoms with Crippen molar-refractivity contribution in [3.05, 3.63) is 34.9 Å². The van der Waals surface area contributed by atoms with E-state index in [1.54, 1.807) is 6.07 Å². The Kier molecular flexibility index (Phi) is 4.79. The highest BCUT2D eigenvalue weighted by molar-refractivity contribution is 6.34. The first-order chi connectivity index (χ1) is 8.70.